The number of methoxy groups -OCH3 is 1. The quantitative estimate of drug-likeness (QED) is 0.601. The van der Waals surface area contributed by atoms with Crippen LogP contribution in [0.5, 0.6) is 5.75 Å². The molecule has 3 aromatic rings. The number of hydrogen-bond acceptors (Lipinski definition) is 8. The van der Waals surface area contributed by atoms with Gasteiger partial charge in [-0.15, -0.1) is 0 Å². The average molecular weight is 437 g/mol. The molecular formula is C20H22F3N5O3. The van der Waals surface area contributed by atoms with E-state index in [1.165, 1.54) is 14.2 Å². The van der Waals surface area contributed by atoms with E-state index in [9.17, 15) is 13.2 Å². The second-order valence-electron chi connectivity index (χ2n) is 7.03. The molecule has 0 amide bonds. The number of anilines is 3. The first-order chi connectivity index (χ1) is 14.9. The number of hydrogen-bond donors (Lipinski definition) is 2. The summed E-state index contributed by atoms with van der Waals surface area (Å²) in [6.45, 7) is 3.83. The van der Waals surface area contributed by atoms with Gasteiger partial charge in [-0.1, -0.05) is 0 Å². The molecule has 1 aliphatic rings. The van der Waals surface area contributed by atoms with E-state index in [-0.39, 0.29) is 11.8 Å². The van der Waals surface area contributed by atoms with Crippen LogP contribution in [0.15, 0.2) is 29.0 Å². The van der Waals surface area contributed by atoms with Crippen molar-refractivity contribution in [2.24, 2.45) is 0 Å². The molecule has 1 fully saturated rings. The van der Waals surface area contributed by atoms with Crippen molar-refractivity contribution in [1.29, 1.82) is 0 Å². The molecule has 3 heterocycles. The Balaban J connectivity index is 1.62. The van der Waals surface area contributed by atoms with Crippen LogP contribution in [0, 0.1) is 0 Å². The molecule has 31 heavy (non-hydrogen) atoms. The van der Waals surface area contributed by atoms with Crippen molar-refractivity contribution in [3.05, 3.63) is 35.7 Å². The fourth-order valence-corrected chi connectivity index (χ4v) is 3.46. The van der Waals surface area contributed by atoms with Crippen LogP contribution >= 0.6 is 0 Å². The van der Waals surface area contributed by atoms with Crippen LogP contribution in [-0.4, -0.2) is 55.3 Å². The molecule has 0 aliphatic carbocycles. The highest BCUT2D eigenvalue weighted by atomic mass is 19.4. The van der Waals surface area contributed by atoms with Crippen molar-refractivity contribution in [2.45, 2.75) is 12.7 Å². The van der Waals surface area contributed by atoms with E-state index in [1.807, 2.05) is 6.07 Å². The van der Waals surface area contributed by atoms with Crippen LogP contribution in [-0.2, 0) is 17.5 Å². The topological polar surface area (TPSA) is 84.7 Å². The van der Waals surface area contributed by atoms with Crippen molar-refractivity contribution < 1.29 is 27.1 Å². The minimum Gasteiger partial charge on any atom is -0.495 e. The molecule has 2 N–H and O–H groups in total. The van der Waals surface area contributed by atoms with E-state index in [4.69, 9.17) is 13.9 Å². The Kier molecular flexibility index (Phi) is 5.88. The number of rotatable bonds is 6. The van der Waals surface area contributed by atoms with Gasteiger partial charge in [0.25, 0.3) is 0 Å². The van der Waals surface area contributed by atoms with E-state index in [1.54, 1.807) is 12.3 Å². The highest BCUT2D eigenvalue weighted by Gasteiger charge is 2.35. The van der Waals surface area contributed by atoms with E-state index < -0.39 is 11.7 Å². The number of aromatic nitrogens is 2. The summed E-state index contributed by atoms with van der Waals surface area (Å²) in [7, 11) is 2.88. The Labute approximate surface area is 176 Å². The van der Waals surface area contributed by atoms with Gasteiger partial charge in [-0.25, -0.2) is 4.98 Å². The van der Waals surface area contributed by atoms with Crippen LogP contribution in [0.1, 0.15) is 11.1 Å². The Morgan fingerprint density at radius 3 is 2.68 bits per heavy atom. The van der Waals surface area contributed by atoms with Gasteiger partial charge in [0.1, 0.15) is 22.7 Å². The lowest BCUT2D eigenvalue weighted by atomic mass is 10.1. The predicted octanol–water partition coefficient (Wildman–Crippen LogP) is 3.87. The van der Waals surface area contributed by atoms with Crippen molar-refractivity contribution in [3.63, 3.8) is 0 Å². The van der Waals surface area contributed by atoms with E-state index in [0.29, 0.717) is 30.2 Å². The Morgan fingerprint density at radius 1 is 1.23 bits per heavy atom. The number of fused-ring (bicyclic) bond motifs is 1. The minimum atomic E-state index is -4.56. The van der Waals surface area contributed by atoms with Gasteiger partial charge in [0, 0.05) is 49.9 Å². The number of ether oxygens (including phenoxy) is 2. The predicted molar refractivity (Wildman–Crippen MR) is 109 cm³/mol. The largest absolute Gasteiger partial charge is 0.495 e. The molecule has 2 aromatic heterocycles. The van der Waals surface area contributed by atoms with Gasteiger partial charge in [0.15, 0.2) is 0 Å². The molecule has 8 nitrogen and oxygen atoms in total. The van der Waals surface area contributed by atoms with Crippen LogP contribution in [0.4, 0.5) is 30.6 Å². The minimum absolute atomic E-state index is 0.00454. The van der Waals surface area contributed by atoms with Gasteiger partial charge in [-0.3, -0.25) is 4.90 Å². The molecular weight excluding hydrogens is 415 g/mol. The molecule has 0 spiro atoms. The van der Waals surface area contributed by atoms with Crippen LogP contribution in [0.3, 0.4) is 0 Å². The summed E-state index contributed by atoms with van der Waals surface area (Å²) in [6, 6.07) is 3.55. The van der Waals surface area contributed by atoms with Gasteiger partial charge in [-0.2, -0.15) is 18.2 Å². The number of nitrogens with zero attached hydrogens (tertiary/aromatic N) is 3. The summed E-state index contributed by atoms with van der Waals surface area (Å²) in [5.41, 5.74) is 1.17. The first kappa shape index (κ1) is 21.2. The first-order valence-electron chi connectivity index (χ1n) is 9.66. The SMILES string of the molecule is CNc1nc(Nc2cc3occ(CN4CCOCC4)c3cc2OC)ncc1C(F)(F)F. The average Bonchev–Trinajstić information content (AvgIpc) is 3.14. The second kappa shape index (κ2) is 8.60. The number of morpholine rings is 1. The van der Waals surface area contributed by atoms with Crippen molar-refractivity contribution in [1.82, 2.24) is 14.9 Å². The zero-order chi connectivity index (χ0) is 22.0. The maximum absolute atomic E-state index is 13.1. The zero-order valence-electron chi connectivity index (χ0n) is 17.0. The van der Waals surface area contributed by atoms with Gasteiger partial charge >= 0.3 is 6.18 Å². The highest BCUT2D eigenvalue weighted by Crippen LogP contribution is 2.37. The Bertz CT molecular complexity index is 1060. The van der Waals surface area contributed by atoms with E-state index >= 15 is 0 Å². The third-order valence-electron chi connectivity index (χ3n) is 5.05. The zero-order valence-corrected chi connectivity index (χ0v) is 17.0. The van der Waals surface area contributed by atoms with Crippen molar-refractivity contribution >= 4 is 28.4 Å². The summed E-state index contributed by atoms with van der Waals surface area (Å²) in [6.07, 6.45) is -2.12. The molecule has 166 valence electrons. The van der Waals surface area contributed by atoms with Crippen molar-refractivity contribution in [3.8, 4) is 5.75 Å². The molecule has 0 unspecified atom stereocenters. The third-order valence-corrected chi connectivity index (χ3v) is 5.05. The molecule has 0 bridgehead atoms. The van der Waals surface area contributed by atoms with Crippen molar-refractivity contribution in [2.75, 3.05) is 51.1 Å². The Hall–Kier alpha value is -3.05. The fraction of sp³-hybridized carbons (Fsp3) is 0.400. The summed E-state index contributed by atoms with van der Waals surface area (Å²) < 4.78 is 55.8. The van der Waals surface area contributed by atoms with Gasteiger partial charge in [0.05, 0.1) is 32.3 Å². The number of benzene rings is 1. The summed E-state index contributed by atoms with van der Waals surface area (Å²) in [5, 5.41) is 6.27. The molecule has 0 radical (unpaired) electrons. The van der Waals surface area contributed by atoms with Crippen LogP contribution < -0.4 is 15.4 Å². The number of nitrogens with one attached hydrogen (secondary N) is 2. The second-order valence-corrected chi connectivity index (χ2v) is 7.03. The lowest BCUT2D eigenvalue weighted by Gasteiger charge is -2.26. The van der Waals surface area contributed by atoms with Gasteiger partial charge in [-0.05, 0) is 6.07 Å². The van der Waals surface area contributed by atoms with Crippen LogP contribution in [0.25, 0.3) is 11.0 Å². The lowest BCUT2D eigenvalue weighted by Crippen LogP contribution is -2.35. The van der Waals surface area contributed by atoms with E-state index in [2.05, 4.69) is 25.5 Å². The molecule has 1 saturated heterocycles. The first-order valence-corrected chi connectivity index (χ1v) is 9.66. The molecule has 0 atom stereocenters. The maximum Gasteiger partial charge on any atom is 0.421 e. The molecule has 4 rings (SSSR count). The normalized spacial score (nSPS) is 15.3. The Morgan fingerprint density at radius 2 is 2.00 bits per heavy atom. The summed E-state index contributed by atoms with van der Waals surface area (Å²) >= 11 is 0. The smallest absolute Gasteiger partial charge is 0.421 e. The number of furan rings is 1. The summed E-state index contributed by atoms with van der Waals surface area (Å²) in [5.74, 6) is 0.164. The lowest BCUT2D eigenvalue weighted by molar-refractivity contribution is -0.137. The fourth-order valence-electron chi connectivity index (χ4n) is 3.46. The molecule has 0 saturated carbocycles. The molecule has 11 heteroatoms. The standard InChI is InChI=1S/C20H22F3N5O3/c1-24-18-14(20(21,22)23)9-25-19(27-18)26-15-8-16-13(7-17(15)29-2)12(11-31-16)10-28-3-5-30-6-4-28/h7-9,11H,3-6,10H2,1-2H3,(H2,24,25,26,27). The van der Waals surface area contributed by atoms with Gasteiger partial charge < -0.3 is 24.5 Å². The maximum atomic E-state index is 13.1. The molecule has 1 aliphatic heterocycles. The highest BCUT2D eigenvalue weighted by molar-refractivity contribution is 5.88. The van der Waals surface area contributed by atoms with E-state index in [0.717, 1.165) is 36.8 Å². The number of alkyl halides is 3. The summed E-state index contributed by atoms with van der Waals surface area (Å²) in [4.78, 5) is 10.0. The number of halogens is 3. The molecule has 1 aromatic carbocycles. The monoisotopic (exact) mass is 437 g/mol. The third kappa shape index (κ3) is 4.52. The van der Waals surface area contributed by atoms with Crippen LogP contribution in [0.2, 0.25) is 0 Å². The van der Waals surface area contributed by atoms with Gasteiger partial charge in [0.2, 0.25) is 5.95 Å².